The van der Waals surface area contributed by atoms with Gasteiger partial charge in [0.05, 0.1) is 6.61 Å². The Bertz CT molecular complexity index is 716. The van der Waals surface area contributed by atoms with Gasteiger partial charge in [0.2, 0.25) is 0 Å². The zero-order valence-electron chi connectivity index (χ0n) is 14.0. The Morgan fingerprint density at radius 2 is 1.88 bits per heavy atom. The van der Waals surface area contributed by atoms with Crippen LogP contribution in [-0.4, -0.2) is 25.1 Å². The molecule has 0 aromatic heterocycles. The van der Waals surface area contributed by atoms with Gasteiger partial charge in [-0.05, 0) is 43.7 Å². The standard InChI is InChI=1S/C19H20ClNO4/c1-14-7-9-17(10-8-14)24-11-3-6-19(23)25-13-18(22)21-16-5-2-4-15(20)12-16/h2,4-5,7-10,12H,3,6,11,13H2,1H3,(H,21,22). The molecule has 0 atom stereocenters. The second-order valence-electron chi connectivity index (χ2n) is 5.48. The number of halogens is 1. The van der Waals surface area contributed by atoms with Crippen LogP contribution in [0.5, 0.6) is 5.75 Å². The molecule has 1 N–H and O–H groups in total. The number of carbonyl (C=O) groups excluding carboxylic acids is 2. The summed E-state index contributed by atoms with van der Waals surface area (Å²) in [6.07, 6.45) is 0.707. The number of anilines is 1. The number of ether oxygens (including phenoxy) is 2. The van der Waals surface area contributed by atoms with E-state index in [9.17, 15) is 9.59 Å². The highest BCUT2D eigenvalue weighted by atomic mass is 35.5. The third-order valence-electron chi connectivity index (χ3n) is 3.29. The van der Waals surface area contributed by atoms with Crippen LogP contribution in [-0.2, 0) is 14.3 Å². The zero-order valence-corrected chi connectivity index (χ0v) is 14.7. The third kappa shape index (κ3) is 7.27. The zero-order chi connectivity index (χ0) is 18.1. The van der Waals surface area contributed by atoms with Gasteiger partial charge in [-0.15, -0.1) is 0 Å². The van der Waals surface area contributed by atoms with Gasteiger partial charge >= 0.3 is 5.97 Å². The van der Waals surface area contributed by atoms with E-state index < -0.39 is 11.9 Å². The summed E-state index contributed by atoms with van der Waals surface area (Å²) in [6, 6.07) is 14.4. The van der Waals surface area contributed by atoms with Crippen LogP contribution in [0.2, 0.25) is 5.02 Å². The Morgan fingerprint density at radius 1 is 1.12 bits per heavy atom. The predicted molar refractivity (Wildman–Crippen MR) is 96.9 cm³/mol. The van der Waals surface area contributed by atoms with E-state index in [1.165, 1.54) is 0 Å². The number of rotatable bonds is 8. The maximum absolute atomic E-state index is 11.7. The van der Waals surface area contributed by atoms with Crippen molar-refractivity contribution >= 4 is 29.2 Å². The predicted octanol–water partition coefficient (Wildman–Crippen LogP) is 3.99. The van der Waals surface area contributed by atoms with Crippen molar-refractivity contribution in [3.63, 3.8) is 0 Å². The van der Waals surface area contributed by atoms with Gasteiger partial charge in [-0.2, -0.15) is 0 Å². The Kier molecular flexibility index (Phi) is 7.29. The maximum atomic E-state index is 11.7. The first-order chi connectivity index (χ1) is 12.0. The van der Waals surface area contributed by atoms with Crippen molar-refractivity contribution in [3.8, 4) is 5.75 Å². The molecule has 0 bridgehead atoms. The first kappa shape index (κ1) is 18.8. The molecule has 0 aliphatic rings. The van der Waals surface area contributed by atoms with Gasteiger partial charge in [-0.25, -0.2) is 0 Å². The van der Waals surface area contributed by atoms with Gasteiger partial charge in [0.25, 0.3) is 5.91 Å². The molecule has 0 aliphatic heterocycles. The molecule has 0 radical (unpaired) electrons. The molecular weight excluding hydrogens is 342 g/mol. The first-order valence-corrected chi connectivity index (χ1v) is 8.31. The summed E-state index contributed by atoms with van der Waals surface area (Å²) < 4.78 is 10.5. The van der Waals surface area contributed by atoms with Crippen LogP contribution < -0.4 is 10.1 Å². The average Bonchev–Trinajstić information content (AvgIpc) is 2.58. The van der Waals surface area contributed by atoms with E-state index >= 15 is 0 Å². The molecule has 2 aromatic rings. The molecule has 0 aliphatic carbocycles. The summed E-state index contributed by atoms with van der Waals surface area (Å²) in [4.78, 5) is 23.3. The summed E-state index contributed by atoms with van der Waals surface area (Å²) in [5.41, 5.74) is 1.71. The molecule has 6 heteroatoms. The second-order valence-corrected chi connectivity index (χ2v) is 5.92. The molecule has 0 unspecified atom stereocenters. The topological polar surface area (TPSA) is 64.6 Å². The van der Waals surface area contributed by atoms with E-state index in [1.807, 2.05) is 31.2 Å². The lowest BCUT2D eigenvalue weighted by atomic mass is 10.2. The molecule has 5 nitrogen and oxygen atoms in total. The SMILES string of the molecule is Cc1ccc(OCCCC(=O)OCC(=O)Nc2cccc(Cl)c2)cc1. The molecule has 1 amide bonds. The Morgan fingerprint density at radius 3 is 2.60 bits per heavy atom. The van der Waals surface area contributed by atoms with Crippen molar-refractivity contribution in [1.82, 2.24) is 0 Å². The third-order valence-corrected chi connectivity index (χ3v) is 3.52. The number of hydrogen-bond donors (Lipinski definition) is 1. The molecule has 25 heavy (non-hydrogen) atoms. The quantitative estimate of drug-likeness (QED) is 0.570. The monoisotopic (exact) mass is 361 g/mol. The number of aryl methyl sites for hydroxylation is 1. The van der Waals surface area contributed by atoms with Crippen molar-refractivity contribution in [2.24, 2.45) is 0 Å². The fourth-order valence-electron chi connectivity index (χ4n) is 2.02. The van der Waals surface area contributed by atoms with Gasteiger partial charge in [-0.1, -0.05) is 35.4 Å². The Labute approximate surface area is 151 Å². The van der Waals surface area contributed by atoms with Crippen LogP contribution in [0, 0.1) is 6.92 Å². The van der Waals surface area contributed by atoms with Gasteiger partial charge in [0.15, 0.2) is 6.61 Å². The van der Waals surface area contributed by atoms with Crippen molar-refractivity contribution < 1.29 is 19.1 Å². The minimum absolute atomic E-state index is 0.191. The van der Waals surface area contributed by atoms with Gasteiger partial charge in [0.1, 0.15) is 5.75 Å². The van der Waals surface area contributed by atoms with Crippen molar-refractivity contribution in [2.45, 2.75) is 19.8 Å². The number of carbonyl (C=O) groups is 2. The Hall–Kier alpha value is -2.53. The molecule has 2 rings (SSSR count). The normalized spacial score (nSPS) is 10.2. The molecule has 0 spiro atoms. The van der Waals surface area contributed by atoms with Gasteiger partial charge in [0, 0.05) is 17.1 Å². The van der Waals surface area contributed by atoms with Crippen LogP contribution in [0.1, 0.15) is 18.4 Å². The largest absolute Gasteiger partial charge is 0.494 e. The van der Waals surface area contributed by atoms with Crippen LogP contribution in [0.3, 0.4) is 0 Å². The van der Waals surface area contributed by atoms with E-state index in [4.69, 9.17) is 21.1 Å². The average molecular weight is 362 g/mol. The molecule has 0 saturated carbocycles. The van der Waals surface area contributed by atoms with E-state index in [0.717, 1.165) is 11.3 Å². The van der Waals surface area contributed by atoms with Crippen LogP contribution in [0.25, 0.3) is 0 Å². The molecule has 2 aromatic carbocycles. The fourth-order valence-corrected chi connectivity index (χ4v) is 2.21. The number of hydrogen-bond acceptors (Lipinski definition) is 4. The first-order valence-electron chi connectivity index (χ1n) is 7.93. The summed E-state index contributed by atoms with van der Waals surface area (Å²) >= 11 is 5.83. The van der Waals surface area contributed by atoms with E-state index in [1.54, 1.807) is 24.3 Å². The van der Waals surface area contributed by atoms with Crippen molar-refractivity contribution in [2.75, 3.05) is 18.5 Å². The number of nitrogens with one attached hydrogen (secondary N) is 1. The maximum Gasteiger partial charge on any atom is 0.306 e. The highest BCUT2D eigenvalue weighted by molar-refractivity contribution is 6.30. The molecule has 132 valence electrons. The van der Waals surface area contributed by atoms with Crippen LogP contribution >= 0.6 is 11.6 Å². The number of esters is 1. The van der Waals surface area contributed by atoms with E-state index in [2.05, 4.69) is 5.32 Å². The summed E-state index contributed by atoms with van der Waals surface area (Å²) in [5, 5.41) is 3.12. The minimum Gasteiger partial charge on any atom is -0.494 e. The second kappa shape index (κ2) is 9.69. The molecule has 0 fully saturated rings. The fraction of sp³-hybridized carbons (Fsp3) is 0.263. The lowest BCUT2D eigenvalue weighted by Gasteiger charge is -2.08. The van der Waals surface area contributed by atoms with E-state index in [-0.39, 0.29) is 13.0 Å². The number of amides is 1. The van der Waals surface area contributed by atoms with Crippen molar-refractivity contribution in [3.05, 3.63) is 59.1 Å². The summed E-state index contributed by atoms with van der Waals surface area (Å²) in [6.45, 7) is 2.08. The number of benzene rings is 2. The smallest absolute Gasteiger partial charge is 0.306 e. The van der Waals surface area contributed by atoms with Gasteiger partial charge < -0.3 is 14.8 Å². The highest BCUT2D eigenvalue weighted by Gasteiger charge is 2.08. The lowest BCUT2D eigenvalue weighted by molar-refractivity contribution is -0.147. The molecule has 0 saturated heterocycles. The van der Waals surface area contributed by atoms with Gasteiger partial charge in [-0.3, -0.25) is 9.59 Å². The highest BCUT2D eigenvalue weighted by Crippen LogP contribution is 2.15. The van der Waals surface area contributed by atoms with Crippen LogP contribution in [0.4, 0.5) is 5.69 Å². The lowest BCUT2D eigenvalue weighted by Crippen LogP contribution is -2.21. The summed E-state index contributed by atoms with van der Waals surface area (Å²) in [7, 11) is 0. The van der Waals surface area contributed by atoms with Crippen LogP contribution in [0.15, 0.2) is 48.5 Å². The minimum atomic E-state index is -0.436. The summed E-state index contributed by atoms with van der Waals surface area (Å²) in [5.74, 6) is -0.0832. The molecule has 0 heterocycles. The van der Waals surface area contributed by atoms with Crippen molar-refractivity contribution in [1.29, 1.82) is 0 Å². The van der Waals surface area contributed by atoms with E-state index in [0.29, 0.717) is 23.7 Å². The Balaban J connectivity index is 1.60. The molecular formula is C19H20ClNO4.